The van der Waals surface area contributed by atoms with Gasteiger partial charge in [0.1, 0.15) is 18.0 Å². The van der Waals surface area contributed by atoms with Crippen LogP contribution in [-0.4, -0.2) is 16.5 Å². The lowest BCUT2D eigenvalue weighted by atomic mass is 10.0. The number of para-hydroxylation sites is 1. The smallest absolute Gasteiger partial charge is 0.135 e. The summed E-state index contributed by atoms with van der Waals surface area (Å²) in [6.07, 6.45) is 1.57. The molecule has 0 saturated heterocycles. The third kappa shape index (κ3) is 3.44. The lowest BCUT2D eigenvalue weighted by molar-refractivity contribution is 0.869. The van der Waals surface area contributed by atoms with Crippen molar-refractivity contribution in [2.45, 2.75) is 26.7 Å². The molecule has 0 aliphatic heterocycles. The molecule has 19 heavy (non-hydrogen) atoms. The van der Waals surface area contributed by atoms with Crippen LogP contribution in [0.5, 0.6) is 0 Å². The second kappa shape index (κ2) is 6.18. The van der Waals surface area contributed by atoms with Crippen LogP contribution in [0.2, 0.25) is 0 Å². The molecule has 0 bridgehead atoms. The Labute approximate surface area is 114 Å². The van der Waals surface area contributed by atoms with E-state index in [1.807, 2.05) is 19.1 Å². The molecule has 0 saturated carbocycles. The Morgan fingerprint density at radius 1 is 1.11 bits per heavy atom. The van der Waals surface area contributed by atoms with E-state index in [1.165, 1.54) is 5.56 Å². The molecule has 0 spiro atoms. The Hall–Kier alpha value is -2.10. The molecule has 0 fully saturated rings. The molecule has 2 rings (SSSR count). The van der Waals surface area contributed by atoms with E-state index < -0.39 is 0 Å². The molecule has 0 aliphatic carbocycles. The van der Waals surface area contributed by atoms with Gasteiger partial charge < -0.3 is 10.6 Å². The van der Waals surface area contributed by atoms with Crippen molar-refractivity contribution in [2.24, 2.45) is 0 Å². The van der Waals surface area contributed by atoms with E-state index >= 15 is 0 Å². The van der Waals surface area contributed by atoms with Gasteiger partial charge in [0.05, 0.1) is 0 Å². The van der Waals surface area contributed by atoms with E-state index in [4.69, 9.17) is 0 Å². The number of aromatic nitrogens is 2. The monoisotopic (exact) mass is 256 g/mol. The third-order valence-corrected chi connectivity index (χ3v) is 2.87. The van der Waals surface area contributed by atoms with Crippen LogP contribution < -0.4 is 10.6 Å². The molecule has 1 aromatic heterocycles. The van der Waals surface area contributed by atoms with E-state index in [-0.39, 0.29) is 0 Å². The fourth-order valence-electron chi connectivity index (χ4n) is 1.96. The molecule has 4 heteroatoms. The Bertz CT molecular complexity index is 537. The zero-order valence-electron chi connectivity index (χ0n) is 11.6. The maximum atomic E-state index is 4.26. The summed E-state index contributed by atoms with van der Waals surface area (Å²) in [7, 11) is 0. The molecular formula is C15H20N4. The van der Waals surface area contributed by atoms with Gasteiger partial charge in [-0.15, -0.1) is 0 Å². The van der Waals surface area contributed by atoms with Gasteiger partial charge in [-0.3, -0.25) is 0 Å². The summed E-state index contributed by atoms with van der Waals surface area (Å²) >= 11 is 0. The van der Waals surface area contributed by atoms with Crippen LogP contribution in [0.4, 0.5) is 17.3 Å². The van der Waals surface area contributed by atoms with Crippen LogP contribution in [0.15, 0.2) is 36.7 Å². The summed E-state index contributed by atoms with van der Waals surface area (Å²) in [5.74, 6) is 2.11. The number of anilines is 3. The maximum absolute atomic E-state index is 4.26. The Morgan fingerprint density at radius 2 is 1.84 bits per heavy atom. The SMILES string of the molecule is CCNc1cc(Nc2ccccc2C(C)C)ncn1. The lowest BCUT2D eigenvalue weighted by Crippen LogP contribution is -2.03. The molecule has 4 nitrogen and oxygen atoms in total. The van der Waals surface area contributed by atoms with Gasteiger partial charge in [0.2, 0.25) is 0 Å². The summed E-state index contributed by atoms with van der Waals surface area (Å²) in [6.45, 7) is 7.26. The van der Waals surface area contributed by atoms with Crippen molar-refractivity contribution in [3.8, 4) is 0 Å². The van der Waals surface area contributed by atoms with Crippen molar-refractivity contribution in [1.82, 2.24) is 9.97 Å². The predicted molar refractivity (Wildman–Crippen MR) is 80.0 cm³/mol. The van der Waals surface area contributed by atoms with Crippen LogP contribution >= 0.6 is 0 Å². The highest BCUT2D eigenvalue weighted by atomic mass is 15.1. The zero-order chi connectivity index (χ0) is 13.7. The van der Waals surface area contributed by atoms with Gasteiger partial charge in [0.15, 0.2) is 0 Å². The fourth-order valence-corrected chi connectivity index (χ4v) is 1.96. The average molecular weight is 256 g/mol. The first kappa shape index (κ1) is 13.3. The van der Waals surface area contributed by atoms with Gasteiger partial charge in [-0.2, -0.15) is 0 Å². The number of nitrogens with zero attached hydrogens (tertiary/aromatic N) is 2. The second-order valence-corrected chi connectivity index (χ2v) is 4.69. The normalized spacial score (nSPS) is 10.5. The largest absolute Gasteiger partial charge is 0.370 e. The molecule has 0 radical (unpaired) electrons. The van der Waals surface area contributed by atoms with Crippen LogP contribution in [0, 0.1) is 0 Å². The van der Waals surface area contributed by atoms with Gasteiger partial charge in [0, 0.05) is 18.3 Å². The third-order valence-electron chi connectivity index (χ3n) is 2.87. The summed E-state index contributed by atoms with van der Waals surface area (Å²) in [6, 6.07) is 10.2. The van der Waals surface area contributed by atoms with Crippen LogP contribution in [-0.2, 0) is 0 Å². The van der Waals surface area contributed by atoms with E-state index in [9.17, 15) is 0 Å². The Kier molecular flexibility index (Phi) is 4.34. The van der Waals surface area contributed by atoms with E-state index in [1.54, 1.807) is 6.33 Å². The Balaban J connectivity index is 2.23. The minimum absolute atomic E-state index is 0.471. The molecule has 0 aliphatic rings. The minimum Gasteiger partial charge on any atom is -0.370 e. The maximum Gasteiger partial charge on any atom is 0.135 e. The van der Waals surface area contributed by atoms with E-state index in [2.05, 4.69) is 52.6 Å². The number of hydrogen-bond acceptors (Lipinski definition) is 4. The van der Waals surface area contributed by atoms with E-state index in [0.717, 1.165) is 23.9 Å². The first-order valence-corrected chi connectivity index (χ1v) is 6.62. The van der Waals surface area contributed by atoms with Crippen molar-refractivity contribution in [1.29, 1.82) is 0 Å². The topological polar surface area (TPSA) is 49.8 Å². The fraction of sp³-hybridized carbons (Fsp3) is 0.333. The van der Waals surface area contributed by atoms with Gasteiger partial charge in [-0.25, -0.2) is 9.97 Å². The number of hydrogen-bond donors (Lipinski definition) is 2. The van der Waals surface area contributed by atoms with Crippen LogP contribution in [0.1, 0.15) is 32.3 Å². The number of nitrogens with one attached hydrogen (secondary N) is 2. The zero-order valence-corrected chi connectivity index (χ0v) is 11.6. The Morgan fingerprint density at radius 3 is 2.58 bits per heavy atom. The molecule has 1 heterocycles. The van der Waals surface area contributed by atoms with Gasteiger partial charge in [0.25, 0.3) is 0 Å². The number of benzene rings is 1. The molecular weight excluding hydrogens is 236 g/mol. The molecule has 0 unspecified atom stereocenters. The summed E-state index contributed by atoms with van der Waals surface area (Å²) < 4.78 is 0. The molecule has 0 amide bonds. The standard InChI is InChI=1S/C15H20N4/c1-4-16-14-9-15(18-10-17-14)19-13-8-6-5-7-12(13)11(2)3/h5-11H,4H2,1-3H3,(H2,16,17,18,19). The van der Waals surface area contributed by atoms with Crippen molar-refractivity contribution in [2.75, 3.05) is 17.2 Å². The predicted octanol–water partition coefficient (Wildman–Crippen LogP) is 3.78. The van der Waals surface area contributed by atoms with Crippen LogP contribution in [0.25, 0.3) is 0 Å². The quantitative estimate of drug-likeness (QED) is 0.855. The second-order valence-electron chi connectivity index (χ2n) is 4.69. The van der Waals surface area contributed by atoms with Gasteiger partial charge in [-0.1, -0.05) is 32.0 Å². The first-order valence-electron chi connectivity index (χ1n) is 6.62. The average Bonchev–Trinajstić information content (AvgIpc) is 2.40. The molecule has 2 aromatic rings. The molecule has 1 aromatic carbocycles. The van der Waals surface area contributed by atoms with Crippen molar-refractivity contribution in [3.05, 3.63) is 42.2 Å². The summed E-state index contributed by atoms with van der Waals surface area (Å²) in [4.78, 5) is 8.42. The summed E-state index contributed by atoms with van der Waals surface area (Å²) in [5, 5.41) is 6.54. The van der Waals surface area contributed by atoms with Crippen molar-refractivity contribution < 1.29 is 0 Å². The molecule has 100 valence electrons. The highest BCUT2D eigenvalue weighted by Crippen LogP contribution is 2.26. The lowest BCUT2D eigenvalue weighted by Gasteiger charge is -2.14. The summed E-state index contributed by atoms with van der Waals surface area (Å²) in [5.41, 5.74) is 2.38. The number of rotatable bonds is 5. The van der Waals surface area contributed by atoms with Crippen molar-refractivity contribution >= 4 is 17.3 Å². The van der Waals surface area contributed by atoms with Gasteiger partial charge >= 0.3 is 0 Å². The first-order chi connectivity index (χ1) is 9.20. The van der Waals surface area contributed by atoms with E-state index in [0.29, 0.717) is 5.92 Å². The van der Waals surface area contributed by atoms with Crippen LogP contribution in [0.3, 0.4) is 0 Å². The highest BCUT2D eigenvalue weighted by molar-refractivity contribution is 5.63. The molecule has 2 N–H and O–H groups in total. The van der Waals surface area contributed by atoms with Gasteiger partial charge in [-0.05, 0) is 24.5 Å². The minimum atomic E-state index is 0.471. The highest BCUT2D eigenvalue weighted by Gasteiger charge is 2.06. The van der Waals surface area contributed by atoms with Crippen molar-refractivity contribution in [3.63, 3.8) is 0 Å². The molecule has 0 atom stereocenters.